The van der Waals surface area contributed by atoms with Crippen LogP contribution in [0.4, 0.5) is 0 Å². The van der Waals surface area contributed by atoms with Crippen molar-refractivity contribution < 1.29 is 5.11 Å². The van der Waals surface area contributed by atoms with E-state index in [-0.39, 0.29) is 11.3 Å². The molecule has 0 radical (unpaired) electrons. The number of nitrogens with zero attached hydrogens (tertiary/aromatic N) is 2. The molecule has 0 amide bonds. The fourth-order valence-corrected chi connectivity index (χ4v) is 4.02. The molecule has 2 heterocycles. The number of aromatic hydroxyl groups is 1. The van der Waals surface area contributed by atoms with Gasteiger partial charge in [0.05, 0.1) is 11.4 Å². The van der Waals surface area contributed by atoms with Crippen molar-refractivity contribution in [2.24, 2.45) is 0 Å². The fraction of sp³-hybridized carbons (Fsp3) is 0.111. The molecule has 158 valence electrons. The average Bonchev–Trinajstić information content (AvgIpc) is 3.11. The smallest absolute Gasteiger partial charge is 0.278 e. The first-order valence-electron chi connectivity index (χ1n) is 10.6. The highest BCUT2D eigenvalue weighted by molar-refractivity contribution is 5.61. The Bertz CT molecular complexity index is 1400. The number of hydrogen-bond acceptors (Lipinski definition) is 3. The van der Waals surface area contributed by atoms with Crippen LogP contribution in [0.1, 0.15) is 28.1 Å². The molecule has 0 fully saturated rings. The molecule has 0 spiro atoms. The van der Waals surface area contributed by atoms with Crippen molar-refractivity contribution in [2.45, 2.75) is 19.8 Å². The number of aryl methyl sites for hydroxylation is 1. The standard InChI is InChI=1S/C27H23N3O2/c1-18-6-5-9-20(14-18)16-24-27(32)30-17-25(21-10-12-22(31)13-11-21)28-23(26(30)29-24)15-19-7-3-2-4-8-19/h2-14,17,28,31H,15-16H2,1H3. The van der Waals surface area contributed by atoms with Gasteiger partial charge in [-0.25, -0.2) is 4.98 Å². The molecule has 0 atom stereocenters. The van der Waals surface area contributed by atoms with Crippen molar-refractivity contribution in [3.8, 4) is 22.8 Å². The van der Waals surface area contributed by atoms with Gasteiger partial charge in [0.1, 0.15) is 11.4 Å². The van der Waals surface area contributed by atoms with Gasteiger partial charge >= 0.3 is 0 Å². The quantitative estimate of drug-likeness (QED) is 0.426. The van der Waals surface area contributed by atoms with Gasteiger partial charge in [-0.15, -0.1) is 0 Å². The Morgan fingerprint density at radius 1 is 0.906 bits per heavy atom. The van der Waals surface area contributed by atoms with E-state index in [2.05, 4.69) is 23.2 Å². The molecule has 5 nitrogen and oxygen atoms in total. The molecule has 0 aromatic heterocycles. The van der Waals surface area contributed by atoms with E-state index in [0.29, 0.717) is 24.4 Å². The van der Waals surface area contributed by atoms with E-state index in [1.165, 1.54) is 0 Å². The van der Waals surface area contributed by atoms with Crippen molar-refractivity contribution >= 4 is 0 Å². The molecule has 2 aliphatic heterocycles. The number of aromatic nitrogens is 3. The van der Waals surface area contributed by atoms with Gasteiger partial charge in [-0.2, -0.15) is 0 Å². The third-order valence-corrected chi connectivity index (χ3v) is 5.60. The van der Waals surface area contributed by atoms with E-state index in [9.17, 15) is 9.90 Å². The summed E-state index contributed by atoms with van der Waals surface area (Å²) in [6.45, 7) is 2.04. The van der Waals surface area contributed by atoms with Crippen molar-refractivity contribution in [1.82, 2.24) is 14.5 Å². The van der Waals surface area contributed by atoms with Gasteiger partial charge in [-0.05, 0) is 47.9 Å². The van der Waals surface area contributed by atoms with Crippen molar-refractivity contribution in [2.75, 3.05) is 0 Å². The summed E-state index contributed by atoms with van der Waals surface area (Å²) in [5.41, 5.74) is 6.32. The van der Waals surface area contributed by atoms with Crippen LogP contribution in [0.5, 0.6) is 5.75 Å². The lowest BCUT2D eigenvalue weighted by atomic mass is 10.1. The predicted molar refractivity (Wildman–Crippen MR) is 126 cm³/mol. The average molecular weight is 422 g/mol. The Labute approximate surface area is 186 Å². The molecule has 2 N–H and O–H groups in total. The van der Waals surface area contributed by atoms with Crippen LogP contribution in [-0.4, -0.2) is 19.6 Å². The second-order valence-electron chi connectivity index (χ2n) is 8.08. The molecule has 3 aromatic rings. The van der Waals surface area contributed by atoms with E-state index in [4.69, 9.17) is 4.98 Å². The van der Waals surface area contributed by atoms with Crippen molar-refractivity contribution in [3.05, 3.63) is 123 Å². The largest absolute Gasteiger partial charge is 0.508 e. The highest BCUT2D eigenvalue weighted by Crippen LogP contribution is 2.25. The number of benzene rings is 3. The molecule has 2 aliphatic rings. The summed E-state index contributed by atoms with van der Waals surface area (Å²) in [4.78, 5) is 21.5. The van der Waals surface area contributed by atoms with Crippen LogP contribution in [-0.2, 0) is 12.8 Å². The Kier molecular flexibility index (Phi) is 5.07. The van der Waals surface area contributed by atoms with Gasteiger partial charge in [0.15, 0.2) is 5.82 Å². The maximum absolute atomic E-state index is 13.3. The molecular weight excluding hydrogens is 398 g/mol. The van der Waals surface area contributed by atoms with Crippen molar-refractivity contribution in [3.63, 3.8) is 0 Å². The number of imidazole rings is 1. The number of nitrogens with one attached hydrogen (secondary N) is 1. The summed E-state index contributed by atoms with van der Waals surface area (Å²) in [7, 11) is 0. The molecule has 0 unspecified atom stereocenters. The highest BCUT2D eigenvalue weighted by Gasteiger charge is 2.20. The number of hydrogen-bond donors (Lipinski definition) is 2. The molecule has 32 heavy (non-hydrogen) atoms. The first-order chi connectivity index (χ1) is 15.6. The molecule has 0 saturated heterocycles. The summed E-state index contributed by atoms with van der Waals surface area (Å²) < 4.78 is 1.64. The van der Waals surface area contributed by atoms with Gasteiger partial charge in [-0.1, -0.05) is 60.2 Å². The summed E-state index contributed by atoms with van der Waals surface area (Å²) in [6, 6.07) is 25.2. The van der Waals surface area contributed by atoms with Crippen molar-refractivity contribution in [1.29, 1.82) is 0 Å². The molecular formula is C27H23N3O2. The van der Waals surface area contributed by atoms with Crippen LogP contribution in [0.2, 0.25) is 0 Å². The van der Waals surface area contributed by atoms with Crippen LogP contribution < -0.4 is 5.56 Å². The second kappa shape index (κ2) is 8.19. The number of phenols is 1. The predicted octanol–water partition coefficient (Wildman–Crippen LogP) is 4.86. The number of phenolic OH excluding ortho intramolecular Hbond substituents is 1. The minimum absolute atomic E-state index is 0.107. The van der Waals surface area contributed by atoms with Gasteiger partial charge in [-0.3, -0.25) is 9.36 Å². The Hall–Kier alpha value is -4.12. The normalized spacial score (nSPS) is 11.2. The molecule has 5 heteroatoms. The summed E-state index contributed by atoms with van der Waals surface area (Å²) in [5.74, 6) is 0.843. The van der Waals surface area contributed by atoms with Crippen LogP contribution in [0.25, 0.3) is 17.1 Å². The molecule has 3 aromatic carbocycles. The molecule has 5 rings (SSSR count). The number of H-pyrrole nitrogens is 1. The van der Waals surface area contributed by atoms with E-state index in [0.717, 1.165) is 33.6 Å². The minimum Gasteiger partial charge on any atom is -0.508 e. The van der Waals surface area contributed by atoms with E-state index in [1.807, 2.05) is 55.5 Å². The van der Waals surface area contributed by atoms with E-state index < -0.39 is 0 Å². The Balaban J connectivity index is 1.64. The fourth-order valence-electron chi connectivity index (χ4n) is 4.02. The van der Waals surface area contributed by atoms with Crippen LogP contribution in [0.3, 0.4) is 0 Å². The zero-order valence-corrected chi connectivity index (χ0v) is 17.7. The molecule has 0 aliphatic carbocycles. The van der Waals surface area contributed by atoms with Crippen LogP contribution >= 0.6 is 0 Å². The topological polar surface area (TPSA) is 70.9 Å². The van der Waals surface area contributed by atoms with Gasteiger partial charge in [0.25, 0.3) is 5.56 Å². The number of fused-ring (bicyclic) bond motifs is 1. The SMILES string of the molecule is Cc1cccc(Cc2nc3c(Cc4ccccc4)[nH]c(-c4ccc(O)cc4)cn-3c2=O)c1. The molecule has 0 saturated carbocycles. The van der Waals surface area contributed by atoms with E-state index >= 15 is 0 Å². The minimum atomic E-state index is -0.107. The maximum Gasteiger partial charge on any atom is 0.278 e. The van der Waals surface area contributed by atoms with Crippen LogP contribution in [0.15, 0.2) is 89.9 Å². The summed E-state index contributed by atoms with van der Waals surface area (Å²) in [5, 5.41) is 9.66. The molecule has 0 bridgehead atoms. The number of rotatable bonds is 5. The zero-order chi connectivity index (χ0) is 22.1. The van der Waals surface area contributed by atoms with E-state index in [1.54, 1.807) is 22.9 Å². The first-order valence-corrected chi connectivity index (χ1v) is 10.6. The third-order valence-electron chi connectivity index (χ3n) is 5.60. The summed E-state index contributed by atoms with van der Waals surface area (Å²) in [6.07, 6.45) is 2.91. The highest BCUT2D eigenvalue weighted by atomic mass is 16.3. The van der Waals surface area contributed by atoms with Crippen LogP contribution in [0, 0.1) is 6.92 Å². The maximum atomic E-state index is 13.3. The van der Waals surface area contributed by atoms with Gasteiger partial charge in [0, 0.05) is 19.0 Å². The zero-order valence-electron chi connectivity index (χ0n) is 17.7. The summed E-state index contributed by atoms with van der Waals surface area (Å²) >= 11 is 0. The van der Waals surface area contributed by atoms with Gasteiger partial charge in [0.2, 0.25) is 0 Å². The lowest BCUT2D eigenvalue weighted by Crippen LogP contribution is -2.17. The Morgan fingerprint density at radius 3 is 2.41 bits per heavy atom. The van der Waals surface area contributed by atoms with Gasteiger partial charge < -0.3 is 10.1 Å². The lowest BCUT2D eigenvalue weighted by Gasteiger charge is -2.13. The Morgan fingerprint density at radius 2 is 1.66 bits per heavy atom. The lowest BCUT2D eigenvalue weighted by molar-refractivity contribution is 0.475. The monoisotopic (exact) mass is 421 g/mol. The third kappa shape index (κ3) is 3.93. The second-order valence-corrected chi connectivity index (χ2v) is 8.08. The first kappa shape index (κ1) is 19.8. The number of aromatic amines is 1.